The highest BCUT2D eigenvalue weighted by atomic mass is 32.3. The third-order valence-electron chi connectivity index (χ3n) is 5.42. The Morgan fingerprint density at radius 1 is 1.03 bits per heavy atom. The van der Waals surface area contributed by atoms with E-state index in [0.29, 0.717) is 12.8 Å². The molecule has 2 aromatic carbocycles. The molecule has 6 nitrogen and oxygen atoms in total. The standard InChI is InChI=1S/C24H28F6N2O4S/c1-3-8-15-12-17(21(31)24(28,29)30)20(33)16(9-4-2)18(15)19(14-10-6-5-7-11-14)22(34)32-37(35,36)13-23(25,26)27/h5-7,10-12,19,31,33,35-36H,3-4,8-9,13H2,1-2H3,(H,32,34). The fourth-order valence-corrected chi connectivity index (χ4v) is 5.03. The number of phenolic OH excluding ortho intramolecular Hbond substituents is 1. The van der Waals surface area contributed by atoms with Crippen LogP contribution in [0.25, 0.3) is 0 Å². The number of halogens is 6. The van der Waals surface area contributed by atoms with Crippen molar-refractivity contribution in [1.29, 1.82) is 5.41 Å². The molecule has 0 spiro atoms. The molecule has 0 radical (unpaired) electrons. The van der Waals surface area contributed by atoms with Crippen LogP contribution in [0.15, 0.2) is 36.4 Å². The second-order valence-electron chi connectivity index (χ2n) is 8.43. The minimum atomic E-state index is -5.07. The van der Waals surface area contributed by atoms with E-state index in [9.17, 15) is 45.3 Å². The van der Waals surface area contributed by atoms with E-state index in [1.165, 1.54) is 24.3 Å². The van der Waals surface area contributed by atoms with Crippen molar-refractivity contribution in [3.8, 4) is 5.75 Å². The largest absolute Gasteiger partial charge is 0.507 e. The van der Waals surface area contributed by atoms with Crippen LogP contribution in [0.5, 0.6) is 5.75 Å². The zero-order valence-electron chi connectivity index (χ0n) is 20.0. The molecule has 206 valence electrons. The maximum atomic E-state index is 13.4. The van der Waals surface area contributed by atoms with Crippen molar-refractivity contribution in [3.05, 3.63) is 64.2 Å². The summed E-state index contributed by atoms with van der Waals surface area (Å²) >= 11 is 0. The van der Waals surface area contributed by atoms with E-state index >= 15 is 0 Å². The summed E-state index contributed by atoms with van der Waals surface area (Å²) in [6.45, 7) is 3.38. The van der Waals surface area contributed by atoms with Crippen molar-refractivity contribution in [2.45, 2.75) is 57.8 Å². The first-order valence-electron chi connectivity index (χ1n) is 11.2. The van der Waals surface area contributed by atoms with Gasteiger partial charge in [-0.2, -0.15) is 26.3 Å². The lowest BCUT2D eigenvalue weighted by atomic mass is 9.80. The van der Waals surface area contributed by atoms with Crippen LogP contribution in [0.2, 0.25) is 0 Å². The molecular formula is C24H28F6N2O4S. The molecular weight excluding hydrogens is 526 g/mol. The van der Waals surface area contributed by atoms with Crippen LogP contribution in [0, 0.1) is 5.41 Å². The molecule has 0 fully saturated rings. The fraction of sp³-hybridized carbons (Fsp3) is 0.417. The van der Waals surface area contributed by atoms with Gasteiger partial charge in [0.1, 0.15) is 11.5 Å². The van der Waals surface area contributed by atoms with E-state index in [1.54, 1.807) is 24.6 Å². The molecule has 0 aliphatic carbocycles. The second-order valence-corrected chi connectivity index (χ2v) is 10.3. The summed E-state index contributed by atoms with van der Waals surface area (Å²) in [6.07, 6.45) is -9.30. The van der Waals surface area contributed by atoms with Crippen LogP contribution in [0.4, 0.5) is 26.3 Å². The molecule has 1 unspecified atom stereocenters. The normalized spacial score (nSPS) is 13.8. The van der Waals surface area contributed by atoms with Crippen molar-refractivity contribution in [2.75, 3.05) is 5.75 Å². The highest BCUT2D eigenvalue weighted by Crippen LogP contribution is 2.44. The van der Waals surface area contributed by atoms with Gasteiger partial charge in [0.15, 0.2) is 5.75 Å². The zero-order chi connectivity index (χ0) is 28.2. The van der Waals surface area contributed by atoms with Crippen molar-refractivity contribution in [2.24, 2.45) is 0 Å². The van der Waals surface area contributed by atoms with Crippen LogP contribution >= 0.6 is 10.8 Å². The van der Waals surface area contributed by atoms with Gasteiger partial charge in [-0.15, -0.1) is 10.8 Å². The van der Waals surface area contributed by atoms with Gasteiger partial charge in [-0.25, -0.2) is 0 Å². The van der Waals surface area contributed by atoms with Crippen LogP contribution in [0.3, 0.4) is 0 Å². The lowest BCUT2D eigenvalue weighted by Crippen LogP contribution is -2.37. The number of carbonyl (C=O) groups is 1. The summed E-state index contributed by atoms with van der Waals surface area (Å²) in [5, 5.41) is 18.4. The Balaban J connectivity index is 2.84. The molecule has 0 bridgehead atoms. The number of phenols is 1. The van der Waals surface area contributed by atoms with Gasteiger partial charge in [0.05, 0.1) is 5.92 Å². The molecule has 13 heteroatoms. The molecule has 2 aromatic rings. The molecule has 0 saturated heterocycles. The van der Waals surface area contributed by atoms with Gasteiger partial charge in [-0.05, 0) is 41.2 Å². The summed E-state index contributed by atoms with van der Waals surface area (Å²) < 4.78 is 100. The predicted octanol–water partition coefficient (Wildman–Crippen LogP) is 6.70. The van der Waals surface area contributed by atoms with Gasteiger partial charge in [0.25, 0.3) is 0 Å². The van der Waals surface area contributed by atoms with Gasteiger partial charge >= 0.3 is 12.4 Å². The first-order valence-corrected chi connectivity index (χ1v) is 13.0. The minimum Gasteiger partial charge on any atom is -0.507 e. The molecule has 0 aromatic heterocycles. The van der Waals surface area contributed by atoms with Gasteiger partial charge in [0.2, 0.25) is 5.91 Å². The first kappa shape index (κ1) is 30.5. The molecule has 0 aliphatic heterocycles. The number of aromatic hydroxyl groups is 1. The monoisotopic (exact) mass is 554 g/mol. The predicted molar refractivity (Wildman–Crippen MR) is 129 cm³/mol. The van der Waals surface area contributed by atoms with E-state index in [0.717, 1.165) is 6.07 Å². The Bertz CT molecular complexity index is 1120. The van der Waals surface area contributed by atoms with E-state index < -0.39 is 57.7 Å². The Labute approximate surface area is 211 Å². The highest BCUT2D eigenvalue weighted by Gasteiger charge is 2.41. The van der Waals surface area contributed by atoms with Crippen molar-refractivity contribution in [1.82, 2.24) is 4.72 Å². The number of rotatable bonds is 10. The number of hydrogen-bond acceptors (Lipinski definition) is 5. The molecule has 37 heavy (non-hydrogen) atoms. The Hall–Kier alpha value is -2.77. The summed E-state index contributed by atoms with van der Waals surface area (Å²) in [6, 6.07) is 8.51. The van der Waals surface area contributed by atoms with Gasteiger partial charge < -0.3 is 5.11 Å². The fourth-order valence-electron chi connectivity index (χ4n) is 4.07. The zero-order valence-corrected chi connectivity index (χ0v) is 20.8. The lowest BCUT2D eigenvalue weighted by molar-refractivity contribution is -0.120. The number of aryl methyl sites for hydroxylation is 1. The molecule has 0 saturated carbocycles. The van der Waals surface area contributed by atoms with Crippen molar-refractivity contribution in [3.63, 3.8) is 0 Å². The van der Waals surface area contributed by atoms with Crippen molar-refractivity contribution < 1.29 is 45.3 Å². The Kier molecular flexibility index (Phi) is 9.66. The number of carbonyl (C=O) groups excluding carboxylic acids is 1. The van der Waals surface area contributed by atoms with E-state index in [4.69, 9.17) is 5.41 Å². The lowest BCUT2D eigenvalue weighted by Gasteiger charge is -2.35. The van der Waals surface area contributed by atoms with E-state index in [1.807, 2.05) is 0 Å². The first-order chi connectivity index (χ1) is 17.0. The topological polar surface area (TPSA) is 114 Å². The second kappa shape index (κ2) is 11.7. The van der Waals surface area contributed by atoms with E-state index in [2.05, 4.69) is 0 Å². The van der Waals surface area contributed by atoms with Crippen LogP contribution in [0.1, 0.15) is 60.4 Å². The average Bonchev–Trinajstić information content (AvgIpc) is 2.75. The van der Waals surface area contributed by atoms with Crippen molar-refractivity contribution >= 4 is 22.4 Å². The Morgan fingerprint density at radius 3 is 2.08 bits per heavy atom. The minimum absolute atomic E-state index is 0.0216. The maximum absolute atomic E-state index is 13.4. The summed E-state index contributed by atoms with van der Waals surface area (Å²) in [7, 11) is -4.67. The van der Waals surface area contributed by atoms with Gasteiger partial charge in [-0.1, -0.05) is 57.0 Å². The summed E-state index contributed by atoms with van der Waals surface area (Å²) in [4.78, 5) is 13.4. The number of benzene rings is 2. The molecule has 0 aliphatic rings. The average molecular weight is 555 g/mol. The number of hydrogen-bond donors (Lipinski definition) is 5. The highest BCUT2D eigenvalue weighted by molar-refractivity contribution is 8.23. The van der Waals surface area contributed by atoms with Gasteiger partial charge in [0, 0.05) is 5.56 Å². The molecule has 0 heterocycles. The maximum Gasteiger partial charge on any atom is 0.433 e. The van der Waals surface area contributed by atoms with Crippen LogP contribution in [-0.2, 0) is 17.6 Å². The number of alkyl halides is 6. The quantitative estimate of drug-likeness (QED) is 0.166. The molecule has 1 amide bonds. The van der Waals surface area contributed by atoms with Gasteiger partial charge in [-0.3, -0.25) is 24.0 Å². The molecule has 5 N–H and O–H groups in total. The van der Waals surface area contributed by atoms with E-state index in [-0.39, 0.29) is 35.1 Å². The third-order valence-corrected chi connectivity index (χ3v) is 6.67. The van der Waals surface area contributed by atoms with Crippen LogP contribution in [-0.4, -0.2) is 43.9 Å². The third kappa shape index (κ3) is 7.86. The van der Waals surface area contributed by atoms with Crippen LogP contribution < -0.4 is 4.72 Å². The number of amides is 1. The molecule has 2 rings (SSSR count). The summed E-state index contributed by atoms with van der Waals surface area (Å²) in [5.41, 5.74) is -2.22. The molecule has 1 atom stereocenters. The smallest absolute Gasteiger partial charge is 0.433 e. The Morgan fingerprint density at radius 2 is 1.59 bits per heavy atom. The number of nitrogens with one attached hydrogen (secondary N) is 2. The SMILES string of the molecule is CCCc1cc(C(=N)C(F)(F)F)c(O)c(CCC)c1C(C(=O)NS(O)(O)CC(F)(F)F)c1ccccc1. The summed E-state index contributed by atoms with van der Waals surface area (Å²) in [5.74, 6) is -5.69.